The predicted octanol–water partition coefficient (Wildman–Crippen LogP) is 1.68. The molecule has 0 unspecified atom stereocenters. The Bertz CT molecular complexity index is 568. The number of amides is 1. The fourth-order valence-corrected chi connectivity index (χ4v) is 2.22. The molecule has 0 atom stereocenters. The second kappa shape index (κ2) is 4.56. The van der Waals surface area contributed by atoms with Crippen molar-refractivity contribution in [2.45, 2.75) is 13.0 Å². The van der Waals surface area contributed by atoms with Crippen molar-refractivity contribution in [3.8, 4) is 0 Å². The largest absolute Gasteiger partial charge is 0.331 e. The number of hydrogen-bond acceptors (Lipinski definition) is 3. The number of hydrogen-bond donors (Lipinski definition) is 0. The molecule has 0 aliphatic carbocycles. The summed E-state index contributed by atoms with van der Waals surface area (Å²) in [6.07, 6.45) is 4.09. The summed E-state index contributed by atoms with van der Waals surface area (Å²) in [5.74, 6) is 0.182. The van der Waals surface area contributed by atoms with Gasteiger partial charge in [0.2, 0.25) is 5.82 Å². The minimum absolute atomic E-state index is 0.0925. The molecule has 0 N–H and O–H groups in total. The number of carbonyl (C=O) groups excluding carboxylic acids is 1. The highest BCUT2D eigenvalue weighted by Crippen LogP contribution is 2.19. The van der Waals surface area contributed by atoms with E-state index >= 15 is 0 Å². The van der Waals surface area contributed by atoms with Gasteiger partial charge in [0.05, 0.1) is 0 Å². The smallest absolute Gasteiger partial charge is 0.291 e. The average Bonchev–Trinajstić information content (AvgIpc) is 2.47. The third-order valence-corrected chi connectivity index (χ3v) is 3.17. The van der Waals surface area contributed by atoms with Crippen molar-refractivity contribution >= 4 is 5.91 Å². The molecule has 1 aromatic heterocycles. The van der Waals surface area contributed by atoms with Crippen LogP contribution in [0.2, 0.25) is 0 Å². The fraction of sp³-hybridized carbons (Fsp3) is 0.214. The van der Waals surface area contributed by atoms with Crippen LogP contribution in [-0.2, 0) is 13.0 Å². The Labute approximate surface area is 105 Å². The molecule has 2 heterocycles. The Morgan fingerprint density at radius 3 is 2.56 bits per heavy atom. The molecule has 1 aliphatic heterocycles. The summed E-state index contributed by atoms with van der Waals surface area (Å²) in [4.78, 5) is 22.0. The maximum Gasteiger partial charge on any atom is 0.291 e. The summed E-state index contributed by atoms with van der Waals surface area (Å²) in [5.41, 5.74) is 2.54. The highest BCUT2D eigenvalue weighted by Gasteiger charge is 2.22. The molecule has 0 fully saturated rings. The van der Waals surface area contributed by atoms with E-state index in [-0.39, 0.29) is 11.7 Å². The second-order valence-electron chi connectivity index (χ2n) is 4.32. The van der Waals surface area contributed by atoms with E-state index < -0.39 is 0 Å². The fourth-order valence-electron chi connectivity index (χ4n) is 2.22. The van der Waals surface area contributed by atoms with E-state index in [0.29, 0.717) is 6.54 Å². The van der Waals surface area contributed by atoms with Crippen LogP contribution in [0, 0.1) is 0 Å². The molecule has 0 saturated heterocycles. The van der Waals surface area contributed by atoms with E-state index in [4.69, 9.17) is 0 Å². The van der Waals surface area contributed by atoms with Crippen LogP contribution < -0.4 is 0 Å². The molecular weight excluding hydrogens is 226 g/mol. The summed E-state index contributed by atoms with van der Waals surface area (Å²) in [6, 6.07) is 9.95. The van der Waals surface area contributed by atoms with Gasteiger partial charge in [-0.3, -0.25) is 4.79 Å². The van der Waals surface area contributed by atoms with Crippen molar-refractivity contribution in [3.05, 3.63) is 59.7 Å². The molecule has 1 aromatic carbocycles. The maximum atomic E-state index is 12.2. The van der Waals surface area contributed by atoms with Crippen LogP contribution in [0.25, 0.3) is 0 Å². The highest BCUT2D eigenvalue weighted by molar-refractivity contribution is 5.90. The van der Waals surface area contributed by atoms with Crippen molar-refractivity contribution in [2.75, 3.05) is 6.54 Å². The van der Waals surface area contributed by atoms with Gasteiger partial charge in [-0.05, 0) is 23.6 Å². The van der Waals surface area contributed by atoms with Crippen LogP contribution >= 0.6 is 0 Å². The number of carbonyl (C=O) groups is 1. The lowest BCUT2D eigenvalue weighted by Crippen LogP contribution is -2.36. The van der Waals surface area contributed by atoms with Crippen molar-refractivity contribution in [1.29, 1.82) is 0 Å². The molecule has 4 heteroatoms. The topological polar surface area (TPSA) is 46.1 Å². The van der Waals surface area contributed by atoms with Gasteiger partial charge in [0, 0.05) is 25.5 Å². The van der Waals surface area contributed by atoms with Crippen LogP contribution in [0.4, 0.5) is 0 Å². The normalized spacial score (nSPS) is 14.1. The second-order valence-corrected chi connectivity index (χ2v) is 4.32. The van der Waals surface area contributed by atoms with E-state index in [9.17, 15) is 4.79 Å². The van der Waals surface area contributed by atoms with E-state index in [1.54, 1.807) is 23.4 Å². The van der Waals surface area contributed by atoms with Crippen LogP contribution in [0.5, 0.6) is 0 Å². The van der Waals surface area contributed by atoms with Gasteiger partial charge in [0.15, 0.2) is 0 Å². The molecule has 1 amide bonds. The standard InChI is InChI=1S/C14H13N3O/c18-14(13-15-7-3-8-16-13)17-9-6-11-4-1-2-5-12(11)10-17/h1-5,7-8H,6,9-10H2. The Hall–Kier alpha value is -2.23. The first-order valence-electron chi connectivity index (χ1n) is 5.97. The van der Waals surface area contributed by atoms with Crippen LogP contribution in [0.1, 0.15) is 21.7 Å². The monoisotopic (exact) mass is 239 g/mol. The molecule has 0 radical (unpaired) electrons. The van der Waals surface area contributed by atoms with Gasteiger partial charge in [-0.25, -0.2) is 9.97 Å². The Morgan fingerprint density at radius 1 is 1.06 bits per heavy atom. The Kier molecular flexibility index (Phi) is 2.76. The lowest BCUT2D eigenvalue weighted by atomic mass is 10.00. The molecule has 18 heavy (non-hydrogen) atoms. The number of aromatic nitrogens is 2. The summed E-state index contributed by atoms with van der Waals surface area (Å²) >= 11 is 0. The summed E-state index contributed by atoms with van der Waals surface area (Å²) in [5, 5.41) is 0. The van der Waals surface area contributed by atoms with Gasteiger partial charge in [-0.2, -0.15) is 0 Å². The van der Waals surface area contributed by atoms with Crippen molar-refractivity contribution in [3.63, 3.8) is 0 Å². The van der Waals surface area contributed by atoms with Gasteiger partial charge in [-0.1, -0.05) is 24.3 Å². The molecule has 90 valence electrons. The lowest BCUT2D eigenvalue weighted by molar-refractivity contribution is 0.0722. The third-order valence-electron chi connectivity index (χ3n) is 3.17. The van der Waals surface area contributed by atoms with Crippen molar-refractivity contribution in [2.24, 2.45) is 0 Å². The van der Waals surface area contributed by atoms with E-state index in [0.717, 1.165) is 13.0 Å². The third kappa shape index (κ3) is 1.97. The van der Waals surface area contributed by atoms with Gasteiger partial charge in [0.1, 0.15) is 0 Å². The van der Waals surface area contributed by atoms with Gasteiger partial charge in [0.25, 0.3) is 5.91 Å². The average molecular weight is 239 g/mol. The molecule has 3 rings (SSSR count). The van der Waals surface area contributed by atoms with Crippen LogP contribution in [-0.4, -0.2) is 27.3 Å². The van der Waals surface area contributed by atoms with E-state index in [2.05, 4.69) is 22.1 Å². The SMILES string of the molecule is O=C(c1ncccn1)N1CCc2ccccc2C1. The quantitative estimate of drug-likeness (QED) is 0.760. The number of nitrogens with zero attached hydrogens (tertiary/aromatic N) is 3. The van der Waals surface area contributed by atoms with E-state index in [1.165, 1.54) is 11.1 Å². The van der Waals surface area contributed by atoms with E-state index in [1.807, 2.05) is 12.1 Å². The molecule has 0 saturated carbocycles. The van der Waals surface area contributed by atoms with Crippen molar-refractivity contribution in [1.82, 2.24) is 14.9 Å². The molecule has 4 nitrogen and oxygen atoms in total. The first-order valence-corrected chi connectivity index (χ1v) is 5.97. The summed E-state index contributed by atoms with van der Waals surface area (Å²) in [6.45, 7) is 1.38. The van der Waals surface area contributed by atoms with Gasteiger partial charge < -0.3 is 4.90 Å². The highest BCUT2D eigenvalue weighted by atomic mass is 16.2. The zero-order valence-corrected chi connectivity index (χ0v) is 9.91. The molecule has 1 aliphatic rings. The van der Waals surface area contributed by atoms with Crippen molar-refractivity contribution < 1.29 is 4.79 Å². The Balaban J connectivity index is 1.82. The number of benzene rings is 1. The summed E-state index contributed by atoms with van der Waals surface area (Å²) in [7, 11) is 0. The van der Waals surface area contributed by atoms with Crippen LogP contribution in [0.3, 0.4) is 0 Å². The first-order chi connectivity index (χ1) is 8.84. The Morgan fingerprint density at radius 2 is 1.78 bits per heavy atom. The van der Waals surface area contributed by atoms with Crippen LogP contribution in [0.15, 0.2) is 42.7 Å². The van der Waals surface area contributed by atoms with Gasteiger partial charge >= 0.3 is 0 Å². The zero-order valence-electron chi connectivity index (χ0n) is 9.91. The zero-order chi connectivity index (χ0) is 12.4. The maximum absolute atomic E-state index is 12.2. The summed E-state index contributed by atoms with van der Waals surface area (Å²) < 4.78 is 0. The molecule has 2 aromatic rings. The molecular formula is C14H13N3O. The lowest BCUT2D eigenvalue weighted by Gasteiger charge is -2.28. The first kappa shape index (κ1) is 10.9. The van der Waals surface area contributed by atoms with Gasteiger partial charge in [-0.15, -0.1) is 0 Å². The number of fused-ring (bicyclic) bond motifs is 1. The predicted molar refractivity (Wildman–Crippen MR) is 66.9 cm³/mol. The molecule has 0 spiro atoms. The minimum atomic E-state index is -0.0925. The molecule has 0 bridgehead atoms. The number of rotatable bonds is 1. The minimum Gasteiger partial charge on any atom is -0.331 e.